The van der Waals surface area contributed by atoms with Crippen LogP contribution in [0, 0.1) is 0 Å². The topological polar surface area (TPSA) is 111 Å². The van der Waals surface area contributed by atoms with E-state index in [1.54, 1.807) is 0 Å². The van der Waals surface area contributed by atoms with E-state index in [9.17, 15) is 19.0 Å². The summed E-state index contributed by atoms with van der Waals surface area (Å²) in [5, 5.41) is 3.04. The molecular weight excluding hydrogens is 1010 g/mol. The maximum Gasteiger partial charge on any atom is 0.472 e. The first kappa shape index (κ1) is 76.9. The Labute approximate surface area is 494 Å². The summed E-state index contributed by atoms with van der Waals surface area (Å²) in [4.78, 5) is 37.8. The van der Waals surface area contributed by atoms with Crippen molar-refractivity contribution in [1.82, 2.24) is 5.32 Å². The number of ether oxygens (including phenoxy) is 1. The Morgan fingerprint density at radius 2 is 0.800 bits per heavy atom. The molecule has 0 aromatic carbocycles. The fraction of sp³-hybridized carbons (Fsp3) is 0.743. The van der Waals surface area contributed by atoms with E-state index < -0.39 is 20.0 Å². The number of phosphoric acid groups is 1. The normalized spacial score (nSPS) is 14.2. The van der Waals surface area contributed by atoms with Gasteiger partial charge in [0.25, 0.3) is 0 Å². The van der Waals surface area contributed by atoms with Crippen molar-refractivity contribution >= 4 is 19.7 Å². The van der Waals surface area contributed by atoms with E-state index in [4.69, 9.17) is 13.8 Å². The Kier molecular flexibility index (Phi) is 56.8. The molecule has 1 amide bonds. The summed E-state index contributed by atoms with van der Waals surface area (Å²) in [6, 6.07) is -0.877. The van der Waals surface area contributed by atoms with Crippen molar-refractivity contribution in [3.8, 4) is 0 Å². The van der Waals surface area contributed by atoms with Gasteiger partial charge >= 0.3 is 13.8 Å². The molecule has 0 saturated carbocycles. The Balaban J connectivity index is 5.26. The zero-order valence-corrected chi connectivity index (χ0v) is 53.7. The summed E-state index contributed by atoms with van der Waals surface area (Å²) >= 11 is 0. The van der Waals surface area contributed by atoms with Gasteiger partial charge in [0.05, 0.1) is 33.8 Å². The number of unbranched alkanes of at least 4 members (excludes halogenated alkanes) is 29. The maximum atomic E-state index is 13.6. The van der Waals surface area contributed by atoms with Crippen molar-refractivity contribution in [3.63, 3.8) is 0 Å². The molecule has 10 heteroatoms. The fourth-order valence-electron chi connectivity index (χ4n) is 9.17. The zero-order chi connectivity index (χ0) is 58.6. The van der Waals surface area contributed by atoms with E-state index in [0.717, 1.165) is 89.9 Å². The number of carbonyl (C=O) groups excluding carboxylic acids is 2. The molecule has 0 aromatic rings. The SMILES string of the molecule is CC/C=C\C/C=C\C/C=C\C/C=C\C/C=C\C/C=C\CCCCC(=O)NC(COP(=O)(O)OCC[N+](C)(C)C)C(/C=C/CCCCCCCCCCCC)OC(=O)CCCCCCCCCCCCC/C=C/CCCCCCCC. The van der Waals surface area contributed by atoms with Crippen LogP contribution in [0.2, 0.25) is 0 Å². The molecule has 0 aromatic heterocycles. The Bertz CT molecular complexity index is 1690. The smallest absolute Gasteiger partial charge is 0.456 e. The summed E-state index contributed by atoms with van der Waals surface area (Å²) < 4.78 is 30.7. The van der Waals surface area contributed by atoms with Crippen LogP contribution in [0.4, 0.5) is 0 Å². The average Bonchev–Trinajstić information content (AvgIpc) is 3.42. The highest BCUT2D eigenvalue weighted by Gasteiger charge is 2.30. The van der Waals surface area contributed by atoms with Crippen molar-refractivity contribution in [2.45, 2.75) is 296 Å². The van der Waals surface area contributed by atoms with E-state index in [-0.39, 0.29) is 37.9 Å². The quantitative estimate of drug-likeness (QED) is 0.0205. The van der Waals surface area contributed by atoms with Gasteiger partial charge in [-0.1, -0.05) is 260 Å². The van der Waals surface area contributed by atoms with E-state index in [0.29, 0.717) is 17.4 Å². The van der Waals surface area contributed by atoms with Gasteiger partial charge in [-0.25, -0.2) is 4.57 Å². The van der Waals surface area contributed by atoms with Crippen molar-refractivity contribution in [3.05, 3.63) is 97.2 Å². The molecule has 0 radical (unpaired) electrons. The lowest BCUT2D eigenvalue weighted by Crippen LogP contribution is -2.47. The van der Waals surface area contributed by atoms with Gasteiger partial charge in [0, 0.05) is 12.8 Å². The van der Waals surface area contributed by atoms with Crippen LogP contribution in [-0.2, 0) is 27.9 Å². The van der Waals surface area contributed by atoms with Gasteiger partial charge in [0.2, 0.25) is 5.91 Å². The Hall–Kier alpha value is -3.07. The molecule has 0 saturated heterocycles. The van der Waals surface area contributed by atoms with Crippen LogP contribution in [-0.4, -0.2) is 74.3 Å². The van der Waals surface area contributed by atoms with Crippen molar-refractivity contribution in [1.29, 1.82) is 0 Å². The van der Waals surface area contributed by atoms with Crippen molar-refractivity contribution in [2.75, 3.05) is 40.9 Å². The van der Waals surface area contributed by atoms with E-state index >= 15 is 0 Å². The predicted octanol–water partition coefficient (Wildman–Crippen LogP) is 20.7. The first-order chi connectivity index (χ1) is 38.9. The highest BCUT2D eigenvalue weighted by Crippen LogP contribution is 2.43. The van der Waals surface area contributed by atoms with Crippen molar-refractivity contribution < 1.29 is 37.3 Å². The largest absolute Gasteiger partial charge is 0.472 e. The molecule has 0 spiro atoms. The lowest BCUT2D eigenvalue weighted by molar-refractivity contribution is -0.870. The highest BCUT2D eigenvalue weighted by atomic mass is 31.2. The fourth-order valence-corrected chi connectivity index (χ4v) is 9.91. The van der Waals surface area contributed by atoms with Gasteiger partial charge in [-0.05, 0) is 109 Å². The lowest BCUT2D eigenvalue weighted by atomic mass is 10.0. The first-order valence-electron chi connectivity index (χ1n) is 33.1. The molecule has 3 atom stereocenters. The minimum absolute atomic E-state index is 0.0277. The molecule has 0 rings (SSSR count). The highest BCUT2D eigenvalue weighted by molar-refractivity contribution is 7.47. The summed E-state index contributed by atoms with van der Waals surface area (Å²) in [7, 11) is 1.46. The number of rotatable bonds is 59. The van der Waals surface area contributed by atoms with Crippen molar-refractivity contribution in [2.24, 2.45) is 0 Å². The third-order valence-electron chi connectivity index (χ3n) is 14.3. The molecule has 80 heavy (non-hydrogen) atoms. The zero-order valence-electron chi connectivity index (χ0n) is 52.8. The maximum absolute atomic E-state index is 13.6. The second-order valence-corrected chi connectivity index (χ2v) is 24.7. The number of phosphoric ester groups is 1. The Morgan fingerprint density at radius 1 is 0.450 bits per heavy atom. The van der Waals surface area contributed by atoms with Crippen LogP contribution < -0.4 is 5.32 Å². The molecule has 9 nitrogen and oxygen atoms in total. The molecule has 0 aliphatic carbocycles. The number of carbonyl (C=O) groups is 2. The molecule has 2 N–H and O–H groups in total. The number of quaternary nitrogens is 1. The number of allylic oxidation sites excluding steroid dienone is 15. The summed E-state index contributed by atoms with van der Waals surface area (Å²) in [5.41, 5.74) is 0. The molecule has 0 heterocycles. The van der Waals surface area contributed by atoms with Crippen LogP contribution in [0.5, 0.6) is 0 Å². The number of nitrogens with one attached hydrogen (secondary N) is 1. The molecule has 0 aliphatic heterocycles. The number of likely N-dealkylation sites (N-methyl/N-ethyl adjacent to an activating group) is 1. The number of hydrogen-bond acceptors (Lipinski definition) is 6. The number of nitrogens with zero attached hydrogens (tertiary/aromatic N) is 1. The molecular formula is C70H126N2O7P+. The summed E-state index contributed by atoms with van der Waals surface area (Å²) in [5.74, 6) is -0.556. The second kappa shape index (κ2) is 59.1. The first-order valence-corrected chi connectivity index (χ1v) is 34.6. The Morgan fingerprint density at radius 3 is 1.23 bits per heavy atom. The molecule has 0 bridgehead atoms. The summed E-state index contributed by atoms with van der Waals surface area (Å²) in [6.07, 6.45) is 79.9. The molecule has 0 fully saturated rings. The van der Waals surface area contributed by atoms with Crippen LogP contribution >= 0.6 is 7.82 Å². The van der Waals surface area contributed by atoms with E-state index in [1.165, 1.54) is 154 Å². The number of esters is 1. The molecule has 462 valence electrons. The number of amides is 1. The lowest BCUT2D eigenvalue weighted by Gasteiger charge is -2.27. The van der Waals surface area contributed by atoms with E-state index in [1.807, 2.05) is 33.3 Å². The van der Waals surface area contributed by atoms with Crippen LogP contribution in [0.15, 0.2) is 97.2 Å². The number of hydrogen-bond donors (Lipinski definition) is 2. The van der Waals surface area contributed by atoms with E-state index in [2.05, 4.69) is 111 Å². The second-order valence-electron chi connectivity index (χ2n) is 23.3. The van der Waals surface area contributed by atoms with Gasteiger partial charge in [-0.2, -0.15) is 0 Å². The molecule has 3 unspecified atom stereocenters. The van der Waals surface area contributed by atoms with Gasteiger partial charge in [0.15, 0.2) is 0 Å². The minimum Gasteiger partial charge on any atom is -0.456 e. The molecule has 0 aliphatic rings. The average molecular weight is 1140 g/mol. The van der Waals surface area contributed by atoms with Crippen LogP contribution in [0.25, 0.3) is 0 Å². The van der Waals surface area contributed by atoms with Gasteiger partial charge < -0.3 is 19.4 Å². The monoisotopic (exact) mass is 1140 g/mol. The standard InChI is InChI=1S/C70H125N2O7P/c1-7-10-13-16-19-22-25-28-30-32-34-36-38-40-42-44-47-50-53-56-59-62-69(73)71-67(66-78-80(75,76)77-65-64-72(4,5)6)68(61-58-55-52-49-46-27-24-21-18-15-12-9-3)79-70(74)63-60-57-54-51-48-45-43-41-39-37-35-33-31-29-26-23-20-17-14-11-8-2/h10,13,19,22,28-31,34,36,40,42,47,50,58,61,67-68H,7-9,11-12,14-18,20-21,23-27,32-33,35,37-39,41,43-46,48-49,51-57,59-60,62-66H2,1-6H3,(H-,71,73,75,76)/p+1/b13-10-,22-19-,30-28-,31-29+,36-34-,42-40-,50-47-,61-58+. The van der Waals surface area contributed by atoms with Gasteiger partial charge in [-0.3, -0.25) is 18.6 Å². The predicted molar refractivity (Wildman–Crippen MR) is 346 cm³/mol. The minimum atomic E-state index is -4.47. The summed E-state index contributed by atoms with van der Waals surface area (Å²) in [6.45, 7) is 6.87. The third kappa shape index (κ3) is 59.5. The third-order valence-corrected chi connectivity index (χ3v) is 15.2. The van der Waals surface area contributed by atoms with Crippen LogP contribution in [0.1, 0.15) is 284 Å². The van der Waals surface area contributed by atoms with Gasteiger partial charge in [-0.15, -0.1) is 0 Å². The van der Waals surface area contributed by atoms with Gasteiger partial charge in [0.1, 0.15) is 19.3 Å². The van der Waals surface area contributed by atoms with Crippen LogP contribution in [0.3, 0.4) is 0 Å².